The van der Waals surface area contributed by atoms with Gasteiger partial charge in [-0.25, -0.2) is 8.78 Å². The van der Waals surface area contributed by atoms with Gasteiger partial charge in [0.2, 0.25) is 0 Å². The molecule has 1 aromatic carbocycles. The van der Waals surface area contributed by atoms with Crippen molar-refractivity contribution in [3.8, 4) is 0 Å². The molecule has 84 valence electrons. The average molecular weight is 215 g/mol. The van der Waals surface area contributed by atoms with E-state index >= 15 is 0 Å². The fourth-order valence-electron chi connectivity index (χ4n) is 1.42. The summed E-state index contributed by atoms with van der Waals surface area (Å²) in [4.78, 5) is 0. The molecule has 0 amide bonds. The molecule has 1 rings (SSSR count). The second kappa shape index (κ2) is 5.19. The molecule has 0 aliphatic heterocycles. The Morgan fingerprint density at radius 3 is 2.53 bits per heavy atom. The standard InChI is InChI=1S/C11H15F2NO/c1-7(6-15)14-8(2)10-4-3-9(12)5-11(10)13/h3-5,7-8,14-15H,6H2,1-2H3. The van der Waals surface area contributed by atoms with Crippen LogP contribution in [0, 0.1) is 11.6 Å². The zero-order valence-corrected chi connectivity index (χ0v) is 8.80. The molecule has 0 bridgehead atoms. The van der Waals surface area contributed by atoms with Gasteiger partial charge in [0, 0.05) is 23.7 Å². The SMILES string of the molecule is CC(CO)NC(C)c1ccc(F)cc1F. The molecule has 0 saturated carbocycles. The number of halogens is 2. The summed E-state index contributed by atoms with van der Waals surface area (Å²) in [6, 6.07) is 3.11. The molecule has 0 heterocycles. The van der Waals surface area contributed by atoms with Crippen LogP contribution in [-0.4, -0.2) is 17.8 Å². The maximum Gasteiger partial charge on any atom is 0.130 e. The summed E-state index contributed by atoms with van der Waals surface area (Å²) in [6.07, 6.45) is 0. The van der Waals surface area contributed by atoms with Crippen molar-refractivity contribution in [2.24, 2.45) is 0 Å². The molecule has 0 aliphatic rings. The van der Waals surface area contributed by atoms with Crippen LogP contribution in [0.2, 0.25) is 0 Å². The maximum absolute atomic E-state index is 13.3. The van der Waals surface area contributed by atoms with Crippen LogP contribution in [0.25, 0.3) is 0 Å². The van der Waals surface area contributed by atoms with Crippen LogP contribution in [0.5, 0.6) is 0 Å². The van der Waals surface area contributed by atoms with Crippen LogP contribution in [0.3, 0.4) is 0 Å². The lowest BCUT2D eigenvalue weighted by Gasteiger charge is -2.19. The maximum atomic E-state index is 13.3. The fraction of sp³-hybridized carbons (Fsp3) is 0.455. The van der Waals surface area contributed by atoms with E-state index in [1.54, 1.807) is 13.8 Å². The molecule has 0 spiro atoms. The smallest absolute Gasteiger partial charge is 0.130 e. The Kier molecular flexibility index (Phi) is 4.17. The normalized spacial score (nSPS) is 15.0. The number of aliphatic hydroxyl groups excluding tert-OH is 1. The Hall–Kier alpha value is -1.00. The zero-order chi connectivity index (χ0) is 11.4. The minimum atomic E-state index is -0.585. The molecule has 2 nitrogen and oxygen atoms in total. The van der Waals surface area contributed by atoms with Gasteiger partial charge in [0.1, 0.15) is 11.6 Å². The van der Waals surface area contributed by atoms with E-state index in [1.807, 2.05) is 0 Å². The highest BCUT2D eigenvalue weighted by molar-refractivity contribution is 5.21. The predicted molar refractivity (Wildman–Crippen MR) is 54.5 cm³/mol. The van der Waals surface area contributed by atoms with Gasteiger partial charge in [-0.05, 0) is 19.9 Å². The highest BCUT2D eigenvalue weighted by Crippen LogP contribution is 2.17. The van der Waals surface area contributed by atoms with Crippen molar-refractivity contribution in [1.82, 2.24) is 5.32 Å². The summed E-state index contributed by atoms with van der Waals surface area (Å²) < 4.78 is 26.0. The monoisotopic (exact) mass is 215 g/mol. The fourth-order valence-corrected chi connectivity index (χ4v) is 1.42. The van der Waals surface area contributed by atoms with E-state index in [2.05, 4.69) is 5.32 Å². The van der Waals surface area contributed by atoms with E-state index in [1.165, 1.54) is 12.1 Å². The summed E-state index contributed by atoms with van der Waals surface area (Å²) in [5.74, 6) is -1.15. The lowest BCUT2D eigenvalue weighted by Crippen LogP contribution is -2.32. The summed E-state index contributed by atoms with van der Waals surface area (Å²) in [6.45, 7) is 3.54. The van der Waals surface area contributed by atoms with Gasteiger partial charge in [-0.1, -0.05) is 6.07 Å². The number of benzene rings is 1. The first-order valence-electron chi connectivity index (χ1n) is 4.86. The quantitative estimate of drug-likeness (QED) is 0.805. The lowest BCUT2D eigenvalue weighted by atomic mass is 10.1. The van der Waals surface area contributed by atoms with E-state index < -0.39 is 11.6 Å². The first kappa shape index (κ1) is 12.1. The van der Waals surface area contributed by atoms with Crippen LogP contribution in [0.4, 0.5) is 8.78 Å². The van der Waals surface area contributed by atoms with Gasteiger partial charge >= 0.3 is 0 Å². The molecule has 0 aliphatic carbocycles. The minimum absolute atomic E-state index is 0.0207. The van der Waals surface area contributed by atoms with E-state index in [0.717, 1.165) is 6.07 Å². The number of hydrogen-bond acceptors (Lipinski definition) is 2. The number of rotatable bonds is 4. The van der Waals surface area contributed by atoms with Gasteiger partial charge in [0.25, 0.3) is 0 Å². The second-order valence-electron chi connectivity index (χ2n) is 3.64. The average Bonchev–Trinajstić information content (AvgIpc) is 2.17. The second-order valence-corrected chi connectivity index (χ2v) is 3.64. The van der Waals surface area contributed by atoms with Crippen molar-refractivity contribution in [2.75, 3.05) is 6.61 Å². The van der Waals surface area contributed by atoms with Gasteiger partial charge in [0.05, 0.1) is 6.61 Å². The number of nitrogens with one attached hydrogen (secondary N) is 1. The highest BCUT2D eigenvalue weighted by atomic mass is 19.1. The van der Waals surface area contributed by atoms with Crippen molar-refractivity contribution in [3.05, 3.63) is 35.4 Å². The van der Waals surface area contributed by atoms with Crippen LogP contribution in [0.1, 0.15) is 25.5 Å². The summed E-state index contributed by atoms with van der Waals surface area (Å²) in [5.41, 5.74) is 0.400. The minimum Gasteiger partial charge on any atom is -0.395 e. The molecule has 1 aromatic rings. The van der Waals surface area contributed by atoms with Gasteiger partial charge in [-0.2, -0.15) is 0 Å². The first-order valence-corrected chi connectivity index (χ1v) is 4.86. The van der Waals surface area contributed by atoms with Crippen molar-refractivity contribution in [3.63, 3.8) is 0 Å². The Morgan fingerprint density at radius 2 is 2.00 bits per heavy atom. The van der Waals surface area contributed by atoms with Crippen LogP contribution < -0.4 is 5.32 Å². The van der Waals surface area contributed by atoms with Crippen LogP contribution in [-0.2, 0) is 0 Å². The van der Waals surface area contributed by atoms with Crippen molar-refractivity contribution < 1.29 is 13.9 Å². The van der Waals surface area contributed by atoms with Crippen LogP contribution >= 0.6 is 0 Å². The molecule has 0 radical (unpaired) electrons. The third kappa shape index (κ3) is 3.25. The topological polar surface area (TPSA) is 32.3 Å². The molecule has 2 atom stereocenters. The van der Waals surface area contributed by atoms with E-state index in [-0.39, 0.29) is 18.7 Å². The third-order valence-electron chi connectivity index (χ3n) is 2.24. The van der Waals surface area contributed by atoms with Gasteiger partial charge in [-0.3, -0.25) is 0 Å². The van der Waals surface area contributed by atoms with E-state index in [0.29, 0.717) is 5.56 Å². The lowest BCUT2D eigenvalue weighted by molar-refractivity contribution is 0.242. The van der Waals surface area contributed by atoms with Gasteiger partial charge in [-0.15, -0.1) is 0 Å². The molecular weight excluding hydrogens is 200 g/mol. The molecule has 4 heteroatoms. The van der Waals surface area contributed by atoms with Crippen molar-refractivity contribution >= 4 is 0 Å². The summed E-state index contributed by atoms with van der Waals surface area (Å²) in [5, 5.41) is 11.8. The first-order chi connectivity index (χ1) is 7.04. The summed E-state index contributed by atoms with van der Waals surface area (Å²) >= 11 is 0. The molecule has 0 fully saturated rings. The third-order valence-corrected chi connectivity index (χ3v) is 2.24. The predicted octanol–water partition coefficient (Wildman–Crippen LogP) is 2.00. The van der Waals surface area contributed by atoms with Gasteiger partial charge < -0.3 is 10.4 Å². The molecule has 0 saturated heterocycles. The molecule has 0 aromatic heterocycles. The molecular formula is C11H15F2NO. The Labute approximate surface area is 87.9 Å². The molecule has 2 N–H and O–H groups in total. The van der Waals surface area contributed by atoms with E-state index in [4.69, 9.17) is 5.11 Å². The molecule has 2 unspecified atom stereocenters. The van der Waals surface area contributed by atoms with Crippen molar-refractivity contribution in [1.29, 1.82) is 0 Å². The Bertz CT molecular complexity index is 330. The molecule has 15 heavy (non-hydrogen) atoms. The van der Waals surface area contributed by atoms with Crippen LogP contribution in [0.15, 0.2) is 18.2 Å². The van der Waals surface area contributed by atoms with Gasteiger partial charge in [0.15, 0.2) is 0 Å². The largest absolute Gasteiger partial charge is 0.395 e. The number of aliphatic hydroxyl groups is 1. The number of hydrogen-bond donors (Lipinski definition) is 2. The van der Waals surface area contributed by atoms with Crippen molar-refractivity contribution in [2.45, 2.75) is 25.9 Å². The van der Waals surface area contributed by atoms with E-state index in [9.17, 15) is 8.78 Å². The summed E-state index contributed by atoms with van der Waals surface area (Å²) in [7, 11) is 0. The Balaban J connectivity index is 2.77. The highest BCUT2D eigenvalue weighted by Gasteiger charge is 2.13. The Morgan fingerprint density at radius 1 is 1.33 bits per heavy atom. The zero-order valence-electron chi connectivity index (χ0n) is 8.80.